The molecule has 0 spiro atoms. The molecule has 0 aliphatic rings. The van der Waals surface area contributed by atoms with Crippen LogP contribution in [-0.2, 0) is 6.42 Å². The van der Waals surface area contributed by atoms with Gasteiger partial charge in [0.15, 0.2) is 5.78 Å². The lowest BCUT2D eigenvalue weighted by Crippen LogP contribution is -2.07. The summed E-state index contributed by atoms with van der Waals surface area (Å²) < 4.78 is 13.2. The third-order valence-electron chi connectivity index (χ3n) is 3.36. The van der Waals surface area contributed by atoms with Crippen LogP contribution in [0.2, 0.25) is 0 Å². The molecule has 0 saturated carbocycles. The summed E-state index contributed by atoms with van der Waals surface area (Å²) in [7, 11) is 0. The molecular weight excluding hydrogens is 239 g/mol. The smallest absolute Gasteiger partial charge is 0.167 e. The molecular formula is C17H17FO. The minimum atomic E-state index is -0.297. The zero-order chi connectivity index (χ0) is 14.0. The van der Waals surface area contributed by atoms with Gasteiger partial charge in [0.1, 0.15) is 5.82 Å². The molecule has 0 atom stereocenters. The highest BCUT2D eigenvalue weighted by atomic mass is 19.1. The van der Waals surface area contributed by atoms with Gasteiger partial charge in [0.25, 0.3) is 0 Å². The van der Waals surface area contributed by atoms with Crippen LogP contribution in [0.4, 0.5) is 4.39 Å². The number of aryl methyl sites for hydroxylation is 3. The summed E-state index contributed by atoms with van der Waals surface area (Å²) in [5.74, 6) is -0.260. The number of hydrogen-bond donors (Lipinski definition) is 0. The van der Waals surface area contributed by atoms with Gasteiger partial charge in [-0.25, -0.2) is 4.39 Å². The maximum atomic E-state index is 13.2. The molecule has 0 fully saturated rings. The molecule has 2 heteroatoms. The fourth-order valence-corrected chi connectivity index (χ4v) is 2.13. The van der Waals surface area contributed by atoms with Gasteiger partial charge in [-0.1, -0.05) is 23.8 Å². The molecule has 0 aliphatic heterocycles. The first-order valence-corrected chi connectivity index (χ1v) is 6.33. The van der Waals surface area contributed by atoms with Crippen molar-refractivity contribution < 1.29 is 9.18 Å². The van der Waals surface area contributed by atoms with Gasteiger partial charge in [-0.05, 0) is 55.7 Å². The Morgan fingerprint density at radius 3 is 2.42 bits per heavy atom. The Kier molecular flexibility index (Phi) is 3.79. The molecule has 0 unspecified atom stereocenters. The van der Waals surface area contributed by atoms with E-state index in [4.69, 9.17) is 0 Å². The van der Waals surface area contributed by atoms with Crippen LogP contribution in [0.5, 0.6) is 0 Å². The van der Waals surface area contributed by atoms with Gasteiger partial charge in [-0.15, -0.1) is 0 Å². The maximum absolute atomic E-state index is 13.2. The zero-order valence-corrected chi connectivity index (χ0v) is 11.5. The highest BCUT2D eigenvalue weighted by molar-refractivity contribution is 5.99. The molecule has 19 heavy (non-hydrogen) atoms. The van der Waals surface area contributed by atoms with Crippen molar-refractivity contribution in [3.63, 3.8) is 0 Å². The second kappa shape index (κ2) is 5.35. The SMILES string of the molecule is Cc1ccc(C)c(C(=O)Cc2cc(F)ccc2C)c1. The predicted molar refractivity (Wildman–Crippen MR) is 75.1 cm³/mol. The Bertz CT molecular complexity index is 629. The van der Waals surface area contributed by atoms with E-state index in [1.165, 1.54) is 12.1 Å². The van der Waals surface area contributed by atoms with E-state index in [9.17, 15) is 9.18 Å². The summed E-state index contributed by atoms with van der Waals surface area (Å²) in [5, 5.41) is 0. The van der Waals surface area contributed by atoms with Gasteiger partial charge in [0.05, 0.1) is 0 Å². The number of carbonyl (C=O) groups excluding carboxylic acids is 1. The first kappa shape index (κ1) is 13.5. The lowest BCUT2D eigenvalue weighted by Gasteiger charge is -2.08. The number of Topliss-reactive ketones (excluding diaryl/α,β-unsaturated/α-hetero) is 1. The molecule has 0 bridgehead atoms. The molecule has 0 aromatic heterocycles. The number of hydrogen-bond acceptors (Lipinski definition) is 1. The van der Waals surface area contributed by atoms with E-state index in [0.717, 1.165) is 27.8 Å². The third-order valence-corrected chi connectivity index (χ3v) is 3.36. The normalized spacial score (nSPS) is 10.5. The summed E-state index contributed by atoms with van der Waals surface area (Å²) in [6.07, 6.45) is 0.244. The summed E-state index contributed by atoms with van der Waals surface area (Å²) in [6, 6.07) is 10.4. The van der Waals surface area contributed by atoms with Gasteiger partial charge >= 0.3 is 0 Å². The van der Waals surface area contributed by atoms with E-state index in [0.29, 0.717) is 0 Å². The molecule has 0 aliphatic carbocycles. The number of ketones is 1. The standard InChI is InChI=1S/C17H17FO/c1-11-4-5-13(3)16(8-11)17(19)10-14-9-15(18)7-6-12(14)2/h4-9H,10H2,1-3H3. The summed E-state index contributed by atoms with van der Waals surface area (Å²) in [6.45, 7) is 5.78. The van der Waals surface area contributed by atoms with Crippen molar-refractivity contribution in [1.82, 2.24) is 0 Å². The van der Waals surface area contributed by atoms with E-state index in [1.807, 2.05) is 39.0 Å². The number of benzene rings is 2. The fourth-order valence-electron chi connectivity index (χ4n) is 2.13. The van der Waals surface area contributed by atoms with Crippen LogP contribution in [0.25, 0.3) is 0 Å². The summed E-state index contributed by atoms with van der Waals surface area (Å²) in [5.41, 5.74) is 4.45. The minimum Gasteiger partial charge on any atom is -0.294 e. The highest BCUT2D eigenvalue weighted by Crippen LogP contribution is 2.17. The van der Waals surface area contributed by atoms with E-state index in [-0.39, 0.29) is 18.0 Å². The van der Waals surface area contributed by atoms with Crippen molar-refractivity contribution in [1.29, 1.82) is 0 Å². The van der Waals surface area contributed by atoms with Crippen LogP contribution in [0.3, 0.4) is 0 Å². The van der Waals surface area contributed by atoms with Crippen LogP contribution in [0.1, 0.15) is 32.6 Å². The molecule has 0 heterocycles. The fraction of sp³-hybridized carbons (Fsp3) is 0.235. The number of halogens is 1. The highest BCUT2D eigenvalue weighted by Gasteiger charge is 2.12. The average Bonchev–Trinajstić information content (AvgIpc) is 2.36. The summed E-state index contributed by atoms with van der Waals surface area (Å²) in [4.78, 5) is 12.3. The summed E-state index contributed by atoms with van der Waals surface area (Å²) >= 11 is 0. The Balaban J connectivity index is 2.30. The molecule has 2 rings (SSSR count). The van der Waals surface area contributed by atoms with Crippen LogP contribution in [0.15, 0.2) is 36.4 Å². The monoisotopic (exact) mass is 256 g/mol. The largest absolute Gasteiger partial charge is 0.294 e. The van der Waals surface area contributed by atoms with Gasteiger partial charge in [-0.3, -0.25) is 4.79 Å². The van der Waals surface area contributed by atoms with Crippen molar-refractivity contribution in [2.24, 2.45) is 0 Å². The lowest BCUT2D eigenvalue weighted by molar-refractivity contribution is 0.0992. The zero-order valence-electron chi connectivity index (χ0n) is 11.5. The first-order valence-electron chi connectivity index (χ1n) is 6.33. The van der Waals surface area contributed by atoms with E-state index < -0.39 is 0 Å². The van der Waals surface area contributed by atoms with Crippen LogP contribution >= 0.6 is 0 Å². The van der Waals surface area contributed by atoms with Crippen LogP contribution in [-0.4, -0.2) is 5.78 Å². The molecule has 0 amide bonds. The van der Waals surface area contributed by atoms with Gasteiger partial charge < -0.3 is 0 Å². The Labute approximate surface area is 113 Å². The topological polar surface area (TPSA) is 17.1 Å². The molecule has 98 valence electrons. The van der Waals surface area contributed by atoms with Crippen molar-refractivity contribution in [2.45, 2.75) is 27.2 Å². The molecule has 2 aromatic rings. The van der Waals surface area contributed by atoms with Crippen molar-refractivity contribution in [3.05, 3.63) is 70.0 Å². The lowest BCUT2D eigenvalue weighted by atomic mass is 9.95. The predicted octanol–water partition coefficient (Wildman–Crippen LogP) is 4.18. The molecule has 0 saturated heterocycles. The van der Waals surface area contributed by atoms with E-state index in [2.05, 4.69) is 0 Å². The van der Waals surface area contributed by atoms with Crippen molar-refractivity contribution in [3.8, 4) is 0 Å². The molecule has 0 N–H and O–H groups in total. The van der Waals surface area contributed by atoms with E-state index in [1.54, 1.807) is 6.07 Å². The molecule has 0 radical (unpaired) electrons. The number of carbonyl (C=O) groups is 1. The van der Waals surface area contributed by atoms with Crippen molar-refractivity contribution >= 4 is 5.78 Å². The third kappa shape index (κ3) is 3.08. The van der Waals surface area contributed by atoms with Gasteiger partial charge in [0.2, 0.25) is 0 Å². The van der Waals surface area contributed by atoms with Crippen LogP contribution in [0, 0.1) is 26.6 Å². The Morgan fingerprint density at radius 2 is 1.68 bits per heavy atom. The molecule has 2 aromatic carbocycles. The van der Waals surface area contributed by atoms with Gasteiger partial charge in [-0.2, -0.15) is 0 Å². The quantitative estimate of drug-likeness (QED) is 0.753. The van der Waals surface area contributed by atoms with Crippen LogP contribution < -0.4 is 0 Å². The second-order valence-corrected chi connectivity index (χ2v) is 4.99. The van der Waals surface area contributed by atoms with E-state index >= 15 is 0 Å². The molecule has 1 nitrogen and oxygen atoms in total. The van der Waals surface area contributed by atoms with Crippen molar-refractivity contribution in [2.75, 3.05) is 0 Å². The maximum Gasteiger partial charge on any atom is 0.167 e. The minimum absolute atomic E-state index is 0.0369. The number of rotatable bonds is 3. The van der Waals surface area contributed by atoms with Gasteiger partial charge in [0, 0.05) is 12.0 Å². The second-order valence-electron chi connectivity index (χ2n) is 4.99. The average molecular weight is 256 g/mol. The first-order chi connectivity index (χ1) is 8.97. The Hall–Kier alpha value is -1.96. The Morgan fingerprint density at radius 1 is 1.00 bits per heavy atom.